The zero-order valence-corrected chi connectivity index (χ0v) is 40.7. The van der Waals surface area contributed by atoms with Crippen LogP contribution in [0.3, 0.4) is 0 Å². The Balaban J connectivity index is 2.95. The molecular formula is C47H89N11O7. The number of aliphatic carboxylic acids is 1. The van der Waals surface area contributed by atoms with Crippen LogP contribution in [0.15, 0.2) is 9.98 Å². The summed E-state index contributed by atoms with van der Waals surface area (Å²) in [7, 11) is 0. The Morgan fingerprint density at radius 2 is 1.03 bits per heavy atom. The van der Waals surface area contributed by atoms with E-state index in [4.69, 9.17) is 22.9 Å². The van der Waals surface area contributed by atoms with Crippen LogP contribution in [0.5, 0.6) is 0 Å². The van der Waals surface area contributed by atoms with Gasteiger partial charge >= 0.3 is 5.97 Å². The monoisotopic (exact) mass is 920 g/mol. The number of nitrogens with one attached hydrogen (secondary N) is 4. The summed E-state index contributed by atoms with van der Waals surface area (Å²) in [6, 6.07) is -5.21. The van der Waals surface area contributed by atoms with Crippen molar-refractivity contribution < 1.29 is 33.9 Å². The largest absolute Gasteiger partial charge is 0.480 e. The molecule has 1 rings (SSSR count). The molecule has 0 spiro atoms. The Morgan fingerprint density at radius 1 is 0.585 bits per heavy atom. The molecule has 0 bridgehead atoms. The summed E-state index contributed by atoms with van der Waals surface area (Å²) < 4.78 is 0. The van der Waals surface area contributed by atoms with Crippen LogP contribution in [-0.2, 0) is 28.8 Å². The molecule has 5 amide bonds. The first kappa shape index (κ1) is 58.4. The summed E-state index contributed by atoms with van der Waals surface area (Å²) in [6.45, 7) is 10.4. The Hall–Kier alpha value is -4.64. The van der Waals surface area contributed by atoms with Gasteiger partial charge in [0.25, 0.3) is 0 Å². The van der Waals surface area contributed by atoms with Gasteiger partial charge in [-0.25, -0.2) is 4.79 Å². The molecule has 374 valence electrons. The third kappa shape index (κ3) is 27.4. The highest BCUT2D eigenvalue weighted by molar-refractivity contribution is 5.96. The molecule has 0 unspecified atom stereocenters. The standard InChI is InChI=1S/C47H89N11O7/c1-6-7-8-9-10-11-12-13-14-15-16-17-18-19-20-27-40(59)54-36(25-22-29-53-47(50)51)44(63)58-30-23-26-39(58)43(62)56-37(31-33(2)3)42(61)55-35(24-21-28-52-46(48)49)41(60)57-38(45(64)65)32-34(4)5/h33-39H,6-32H2,1-5H3,(H,54,59)(H,55,61)(H,56,62)(H,57,60)(H,64,65)(H4,48,49,52)(H4,50,51,53)/t35-,36-,37-,38-,39-/m0/s1. The number of unbranched alkanes of at least 4 members (excludes halogenated alkanes) is 14. The Labute approximate surface area is 389 Å². The molecule has 13 N–H and O–H groups in total. The average molecular weight is 920 g/mol. The second-order valence-electron chi connectivity index (χ2n) is 18.7. The molecule has 0 aromatic rings. The van der Waals surface area contributed by atoms with Gasteiger partial charge < -0.3 is 54.2 Å². The van der Waals surface area contributed by atoms with Gasteiger partial charge in [-0.2, -0.15) is 0 Å². The first-order chi connectivity index (χ1) is 31.0. The summed E-state index contributed by atoms with van der Waals surface area (Å²) in [5.41, 5.74) is 22.0. The van der Waals surface area contributed by atoms with Crippen molar-refractivity contribution in [3.8, 4) is 0 Å². The van der Waals surface area contributed by atoms with Gasteiger partial charge in [0.05, 0.1) is 0 Å². The number of hydrogen-bond donors (Lipinski definition) is 9. The number of likely N-dealkylation sites (tertiary alicyclic amines) is 1. The lowest BCUT2D eigenvalue weighted by Crippen LogP contribution is -2.58. The molecule has 0 aromatic carbocycles. The van der Waals surface area contributed by atoms with Gasteiger partial charge in [0, 0.05) is 26.1 Å². The van der Waals surface area contributed by atoms with Crippen molar-refractivity contribution in [1.82, 2.24) is 26.2 Å². The fourth-order valence-corrected chi connectivity index (χ4v) is 8.17. The van der Waals surface area contributed by atoms with Crippen LogP contribution in [0.2, 0.25) is 0 Å². The predicted molar refractivity (Wildman–Crippen MR) is 258 cm³/mol. The van der Waals surface area contributed by atoms with E-state index in [-0.39, 0.29) is 81.4 Å². The third-order valence-corrected chi connectivity index (χ3v) is 11.7. The van der Waals surface area contributed by atoms with E-state index in [1.807, 2.05) is 27.7 Å². The molecule has 18 nitrogen and oxygen atoms in total. The molecule has 0 aromatic heterocycles. The van der Waals surface area contributed by atoms with E-state index in [2.05, 4.69) is 38.2 Å². The molecule has 1 fully saturated rings. The molecule has 1 aliphatic heterocycles. The van der Waals surface area contributed by atoms with Crippen LogP contribution in [0, 0.1) is 11.8 Å². The number of carboxylic acid groups (broad SMARTS) is 1. The number of nitrogens with two attached hydrogens (primary N) is 4. The quantitative estimate of drug-likeness (QED) is 0.0238. The maximum absolute atomic E-state index is 14.2. The minimum atomic E-state index is -1.20. The number of nitrogens with zero attached hydrogens (tertiary/aromatic N) is 3. The van der Waals surface area contributed by atoms with Gasteiger partial charge in [0.1, 0.15) is 30.2 Å². The third-order valence-electron chi connectivity index (χ3n) is 11.7. The number of hydrogen-bond acceptors (Lipinski definition) is 8. The summed E-state index contributed by atoms with van der Waals surface area (Å²) in [5.74, 6) is -3.97. The van der Waals surface area contributed by atoms with Crippen LogP contribution in [0.25, 0.3) is 0 Å². The van der Waals surface area contributed by atoms with Crippen molar-refractivity contribution in [1.29, 1.82) is 0 Å². The van der Waals surface area contributed by atoms with Gasteiger partial charge in [0.15, 0.2) is 11.9 Å². The minimum Gasteiger partial charge on any atom is -0.480 e. The van der Waals surface area contributed by atoms with E-state index in [0.29, 0.717) is 32.1 Å². The van der Waals surface area contributed by atoms with Gasteiger partial charge in [0.2, 0.25) is 29.5 Å². The summed E-state index contributed by atoms with van der Waals surface area (Å²) >= 11 is 0. The van der Waals surface area contributed by atoms with Crippen LogP contribution in [0.1, 0.15) is 189 Å². The first-order valence-corrected chi connectivity index (χ1v) is 24.8. The van der Waals surface area contributed by atoms with Crippen LogP contribution < -0.4 is 44.2 Å². The molecule has 1 heterocycles. The van der Waals surface area contributed by atoms with Crippen molar-refractivity contribution in [3.05, 3.63) is 0 Å². The lowest BCUT2D eigenvalue weighted by molar-refractivity contribution is -0.143. The number of rotatable bonds is 37. The Bertz CT molecular complexity index is 1470. The normalized spacial score (nSPS) is 15.4. The molecule has 0 saturated carbocycles. The number of carboxylic acids is 1. The summed E-state index contributed by atoms with van der Waals surface area (Å²) in [5, 5.41) is 20.8. The fraction of sp³-hybridized carbons (Fsp3) is 0.830. The average Bonchev–Trinajstić information content (AvgIpc) is 3.73. The highest BCUT2D eigenvalue weighted by atomic mass is 16.4. The fourth-order valence-electron chi connectivity index (χ4n) is 8.17. The Morgan fingerprint density at radius 3 is 1.51 bits per heavy atom. The van der Waals surface area contributed by atoms with Gasteiger partial charge in [-0.15, -0.1) is 0 Å². The van der Waals surface area contributed by atoms with Crippen LogP contribution in [-0.4, -0.2) is 107 Å². The number of aliphatic imine (C=N–C) groups is 2. The lowest BCUT2D eigenvalue weighted by Gasteiger charge is -2.30. The van der Waals surface area contributed by atoms with E-state index < -0.39 is 59.8 Å². The smallest absolute Gasteiger partial charge is 0.326 e. The second-order valence-corrected chi connectivity index (χ2v) is 18.7. The highest BCUT2D eigenvalue weighted by Gasteiger charge is 2.39. The zero-order chi connectivity index (χ0) is 48.6. The van der Waals surface area contributed by atoms with E-state index in [1.165, 1.54) is 75.5 Å². The van der Waals surface area contributed by atoms with Crippen molar-refractivity contribution in [2.45, 2.75) is 219 Å². The minimum absolute atomic E-state index is 0.0288. The topological polar surface area (TPSA) is 303 Å². The number of carbonyl (C=O) groups excluding carboxylic acids is 5. The summed E-state index contributed by atoms with van der Waals surface area (Å²) in [6.07, 6.45) is 20.9. The van der Waals surface area contributed by atoms with Gasteiger partial charge in [-0.1, -0.05) is 125 Å². The second kappa shape index (κ2) is 34.7. The van der Waals surface area contributed by atoms with E-state index in [0.717, 1.165) is 19.3 Å². The van der Waals surface area contributed by atoms with Gasteiger partial charge in [-0.3, -0.25) is 34.0 Å². The van der Waals surface area contributed by atoms with Crippen molar-refractivity contribution in [2.75, 3.05) is 19.6 Å². The molecule has 0 aliphatic carbocycles. The molecular weight excluding hydrogens is 831 g/mol. The van der Waals surface area contributed by atoms with Crippen molar-refractivity contribution in [3.63, 3.8) is 0 Å². The number of carbonyl (C=O) groups is 6. The van der Waals surface area contributed by atoms with E-state index >= 15 is 0 Å². The summed E-state index contributed by atoms with van der Waals surface area (Å²) in [4.78, 5) is 90.3. The lowest BCUT2D eigenvalue weighted by atomic mass is 10.0. The van der Waals surface area contributed by atoms with Crippen molar-refractivity contribution >= 4 is 47.4 Å². The van der Waals surface area contributed by atoms with E-state index in [1.54, 1.807) is 0 Å². The highest BCUT2D eigenvalue weighted by Crippen LogP contribution is 2.21. The van der Waals surface area contributed by atoms with Gasteiger partial charge in [-0.05, 0) is 69.6 Å². The molecule has 1 aliphatic rings. The van der Waals surface area contributed by atoms with Crippen LogP contribution in [0.4, 0.5) is 0 Å². The first-order valence-electron chi connectivity index (χ1n) is 24.8. The molecule has 1 saturated heterocycles. The molecule has 5 atom stereocenters. The van der Waals surface area contributed by atoms with Crippen molar-refractivity contribution in [2.24, 2.45) is 44.8 Å². The number of amides is 5. The maximum atomic E-state index is 14.2. The van der Waals surface area contributed by atoms with E-state index in [9.17, 15) is 33.9 Å². The Kier molecular flexibility index (Phi) is 31.1. The molecule has 65 heavy (non-hydrogen) atoms. The number of guanidine groups is 2. The molecule has 18 heteroatoms. The maximum Gasteiger partial charge on any atom is 0.326 e. The zero-order valence-electron chi connectivity index (χ0n) is 40.7. The van der Waals surface area contributed by atoms with Crippen LogP contribution >= 0.6 is 0 Å². The molecule has 0 radical (unpaired) electrons. The predicted octanol–water partition coefficient (Wildman–Crippen LogP) is 4.46. The SMILES string of the molecule is CCCCCCCCCCCCCCCCCC(=O)N[C@@H](CCCN=C(N)N)C(=O)N1CCC[C@H]1C(=O)N[C@@H](CC(C)C)C(=O)N[C@@H](CCCN=C(N)N)C(=O)N[C@@H](CC(C)C)C(=O)O.